The van der Waals surface area contributed by atoms with Gasteiger partial charge in [-0.05, 0) is 36.4 Å². The third kappa shape index (κ3) is 3.98. The molecule has 8 heteroatoms. The number of nitrogens with zero attached hydrogens (tertiary/aromatic N) is 2. The molecule has 30 heavy (non-hydrogen) atoms. The maximum atomic E-state index is 12.6. The van der Waals surface area contributed by atoms with Gasteiger partial charge in [0.1, 0.15) is 17.2 Å². The zero-order chi connectivity index (χ0) is 21.1. The van der Waals surface area contributed by atoms with Crippen LogP contribution in [0.25, 0.3) is 11.3 Å². The van der Waals surface area contributed by atoms with Gasteiger partial charge in [-0.15, -0.1) is 0 Å². The Balaban J connectivity index is 1.42. The van der Waals surface area contributed by atoms with Crippen LogP contribution in [0, 0.1) is 0 Å². The van der Waals surface area contributed by atoms with Gasteiger partial charge in [-0.2, -0.15) is 0 Å². The second-order valence-electron chi connectivity index (χ2n) is 6.89. The summed E-state index contributed by atoms with van der Waals surface area (Å²) in [4.78, 5) is 26.6. The molecule has 3 aromatic rings. The Morgan fingerprint density at radius 3 is 2.60 bits per heavy atom. The summed E-state index contributed by atoms with van der Waals surface area (Å²) >= 11 is 0. The number of carbonyl (C=O) groups excluding carboxylic acids is 2. The van der Waals surface area contributed by atoms with Crippen LogP contribution >= 0.6 is 0 Å². The van der Waals surface area contributed by atoms with Crippen LogP contribution in [0.1, 0.15) is 17.0 Å². The highest BCUT2D eigenvalue weighted by Crippen LogP contribution is 2.25. The normalized spacial score (nSPS) is 15.9. The zero-order valence-electron chi connectivity index (χ0n) is 16.6. The van der Waals surface area contributed by atoms with Gasteiger partial charge in [0.25, 0.3) is 5.91 Å². The molecule has 1 unspecified atom stereocenters. The van der Waals surface area contributed by atoms with E-state index in [0.29, 0.717) is 23.7 Å². The first-order valence-corrected chi connectivity index (χ1v) is 9.44. The lowest BCUT2D eigenvalue weighted by atomic mass is 10.1. The molecule has 1 saturated heterocycles. The van der Waals surface area contributed by atoms with Crippen LogP contribution in [0.15, 0.2) is 59.1 Å². The summed E-state index contributed by atoms with van der Waals surface area (Å²) in [6.45, 7) is 0.383. The van der Waals surface area contributed by atoms with E-state index in [1.807, 2.05) is 36.4 Å². The Hall–Kier alpha value is -3.81. The molecule has 1 atom stereocenters. The first kappa shape index (κ1) is 19.5. The number of amides is 2. The quantitative estimate of drug-likeness (QED) is 0.675. The highest BCUT2D eigenvalue weighted by atomic mass is 16.5. The Kier molecular flexibility index (Phi) is 5.38. The van der Waals surface area contributed by atoms with Gasteiger partial charge in [0.05, 0.1) is 20.3 Å². The van der Waals surface area contributed by atoms with Crippen molar-refractivity contribution in [3.8, 4) is 22.8 Å². The van der Waals surface area contributed by atoms with Gasteiger partial charge >= 0.3 is 0 Å². The van der Waals surface area contributed by atoms with E-state index in [1.165, 1.54) is 0 Å². The first-order valence-electron chi connectivity index (χ1n) is 9.44. The Bertz CT molecular complexity index is 1060. The van der Waals surface area contributed by atoms with Crippen LogP contribution in [0.3, 0.4) is 0 Å². The van der Waals surface area contributed by atoms with Crippen LogP contribution in [0.4, 0.5) is 5.69 Å². The van der Waals surface area contributed by atoms with Crippen LogP contribution < -0.4 is 19.7 Å². The lowest BCUT2D eigenvalue weighted by Crippen LogP contribution is -2.37. The van der Waals surface area contributed by atoms with Gasteiger partial charge in [-0.1, -0.05) is 17.3 Å². The van der Waals surface area contributed by atoms with Crippen molar-refractivity contribution in [1.82, 2.24) is 10.5 Å². The Morgan fingerprint density at radius 1 is 1.10 bits per heavy atom. The number of hydrogen-bond donors (Lipinski definition) is 1. The number of carbonyl (C=O) groups is 2. The summed E-state index contributed by atoms with van der Waals surface area (Å²) < 4.78 is 15.6. The van der Waals surface area contributed by atoms with Gasteiger partial charge in [-0.3, -0.25) is 9.59 Å². The molecule has 1 aliphatic heterocycles. The van der Waals surface area contributed by atoms with Crippen LogP contribution in [-0.4, -0.2) is 43.8 Å². The van der Waals surface area contributed by atoms with Crippen molar-refractivity contribution in [1.29, 1.82) is 0 Å². The smallest absolute Gasteiger partial charge is 0.290 e. The van der Waals surface area contributed by atoms with Crippen molar-refractivity contribution in [3.63, 3.8) is 0 Å². The fraction of sp³-hybridized carbons (Fsp3) is 0.227. The highest BCUT2D eigenvalue weighted by molar-refractivity contribution is 5.98. The molecule has 154 valence electrons. The number of rotatable bonds is 6. The first-order chi connectivity index (χ1) is 14.6. The molecule has 1 fully saturated rings. The fourth-order valence-electron chi connectivity index (χ4n) is 3.37. The van der Waals surface area contributed by atoms with E-state index in [0.717, 1.165) is 11.3 Å². The van der Waals surface area contributed by atoms with Crippen LogP contribution in [-0.2, 0) is 4.79 Å². The molecule has 2 aromatic carbocycles. The van der Waals surface area contributed by atoms with Crippen molar-refractivity contribution < 1.29 is 23.6 Å². The molecule has 0 radical (unpaired) electrons. The number of ether oxygens (including phenoxy) is 2. The van der Waals surface area contributed by atoms with Crippen LogP contribution in [0.5, 0.6) is 11.5 Å². The average Bonchev–Trinajstić information content (AvgIpc) is 3.41. The zero-order valence-corrected chi connectivity index (χ0v) is 16.6. The summed E-state index contributed by atoms with van der Waals surface area (Å²) in [6, 6.07) is 15.8. The number of anilines is 1. The third-order valence-electron chi connectivity index (χ3n) is 4.94. The highest BCUT2D eigenvalue weighted by Gasteiger charge is 2.32. The van der Waals surface area contributed by atoms with Gasteiger partial charge in [0.2, 0.25) is 11.7 Å². The van der Waals surface area contributed by atoms with Crippen molar-refractivity contribution in [3.05, 3.63) is 60.4 Å². The molecule has 0 bridgehead atoms. The lowest BCUT2D eigenvalue weighted by Gasteiger charge is -2.17. The summed E-state index contributed by atoms with van der Waals surface area (Å²) in [5.74, 6) is 1.02. The lowest BCUT2D eigenvalue weighted by molar-refractivity contribution is -0.117. The van der Waals surface area contributed by atoms with Crippen molar-refractivity contribution in [2.24, 2.45) is 0 Å². The third-order valence-corrected chi connectivity index (χ3v) is 4.94. The van der Waals surface area contributed by atoms with E-state index in [4.69, 9.17) is 14.0 Å². The molecule has 0 aliphatic carbocycles. The summed E-state index contributed by atoms with van der Waals surface area (Å²) in [6.07, 6.45) is 0.217. The minimum Gasteiger partial charge on any atom is -0.497 e. The Labute approximate surface area is 173 Å². The molecule has 2 heterocycles. The van der Waals surface area contributed by atoms with Crippen molar-refractivity contribution in [2.75, 3.05) is 25.7 Å². The molecule has 8 nitrogen and oxygen atoms in total. The molecule has 1 aromatic heterocycles. The van der Waals surface area contributed by atoms with Crippen LogP contribution in [0.2, 0.25) is 0 Å². The van der Waals surface area contributed by atoms with Crippen molar-refractivity contribution >= 4 is 17.5 Å². The number of methoxy groups -OCH3 is 2. The summed E-state index contributed by atoms with van der Waals surface area (Å²) in [7, 11) is 3.17. The molecular weight excluding hydrogens is 386 g/mol. The number of hydrogen-bond acceptors (Lipinski definition) is 6. The van der Waals surface area contributed by atoms with Gasteiger partial charge in [0.15, 0.2) is 0 Å². The molecule has 1 aliphatic rings. The fourth-order valence-corrected chi connectivity index (χ4v) is 3.37. The maximum Gasteiger partial charge on any atom is 0.290 e. The Morgan fingerprint density at radius 2 is 1.87 bits per heavy atom. The SMILES string of the molecule is COc1ccc(N2CC(NC(=O)c3cc(-c4cccc(OC)c4)no3)CC2=O)cc1. The molecular formula is C22H21N3O5. The minimum atomic E-state index is -0.411. The van der Waals surface area contributed by atoms with E-state index in [-0.39, 0.29) is 24.1 Å². The van der Waals surface area contributed by atoms with E-state index in [2.05, 4.69) is 10.5 Å². The van der Waals surface area contributed by atoms with E-state index < -0.39 is 5.91 Å². The molecule has 4 rings (SSSR count). The standard InChI is InChI=1S/C22H21N3O5/c1-28-17-8-6-16(7-9-17)25-13-15(11-21(25)26)23-22(27)20-12-19(24-30-20)14-4-3-5-18(10-14)29-2/h3-10,12,15H,11,13H2,1-2H3,(H,23,27). The summed E-state index contributed by atoms with van der Waals surface area (Å²) in [5.41, 5.74) is 2.07. The summed E-state index contributed by atoms with van der Waals surface area (Å²) in [5, 5.41) is 6.82. The topological polar surface area (TPSA) is 93.9 Å². The maximum absolute atomic E-state index is 12.6. The van der Waals surface area contributed by atoms with Gasteiger partial charge in [-0.25, -0.2) is 0 Å². The molecule has 1 N–H and O–H groups in total. The monoisotopic (exact) mass is 407 g/mol. The van der Waals surface area contributed by atoms with E-state index in [1.54, 1.807) is 37.3 Å². The largest absolute Gasteiger partial charge is 0.497 e. The predicted octanol–water partition coefficient (Wildman–Crippen LogP) is 2.89. The van der Waals surface area contributed by atoms with Gasteiger partial charge < -0.3 is 24.2 Å². The minimum absolute atomic E-state index is 0.0555. The molecule has 2 amide bonds. The number of benzene rings is 2. The number of aromatic nitrogens is 1. The average molecular weight is 407 g/mol. The second kappa shape index (κ2) is 8.28. The molecule has 0 spiro atoms. The molecule has 0 saturated carbocycles. The van der Waals surface area contributed by atoms with E-state index in [9.17, 15) is 9.59 Å². The number of nitrogens with one attached hydrogen (secondary N) is 1. The second-order valence-corrected chi connectivity index (χ2v) is 6.89. The predicted molar refractivity (Wildman–Crippen MR) is 110 cm³/mol. The van der Waals surface area contributed by atoms with E-state index >= 15 is 0 Å². The van der Waals surface area contributed by atoms with Gasteiger partial charge in [0, 0.05) is 30.3 Å². The van der Waals surface area contributed by atoms with Crippen molar-refractivity contribution in [2.45, 2.75) is 12.5 Å².